The number of carbonyl (C=O) groups excluding carboxylic acids is 1. The highest BCUT2D eigenvalue weighted by molar-refractivity contribution is 5.76. The zero-order chi connectivity index (χ0) is 13.8. The third kappa shape index (κ3) is 3.40. The molecule has 0 saturated carbocycles. The normalized spacial score (nSPS) is 12.2. The number of imidazole rings is 1. The van der Waals surface area contributed by atoms with Crippen molar-refractivity contribution < 1.29 is 4.79 Å². The Kier molecular flexibility index (Phi) is 3.94. The highest BCUT2D eigenvalue weighted by Gasteiger charge is 2.11. The maximum atomic E-state index is 11.9. The third-order valence-corrected chi connectivity index (χ3v) is 2.97. The Morgan fingerprint density at radius 2 is 2.21 bits per heavy atom. The minimum atomic E-state index is -0.101. The number of nitrogens with zero attached hydrogens (tertiary/aromatic N) is 3. The predicted molar refractivity (Wildman–Crippen MR) is 72.5 cm³/mol. The van der Waals surface area contributed by atoms with Crippen molar-refractivity contribution in [2.24, 2.45) is 0 Å². The Bertz CT molecular complexity index is 576. The zero-order valence-corrected chi connectivity index (χ0v) is 11.4. The number of aromatic nitrogens is 3. The van der Waals surface area contributed by atoms with Crippen LogP contribution in [0.15, 0.2) is 30.6 Å². The smallest absolute Gasteiger partial charge is 0.240 e. The van der Waals surface area contributed by atoms with Gasteiger partial charge in [0.2, 0.25) is 5.91 Å². The SMILES string of the molecule is Cc1cccc([C@H](C)NC(=O)Cn2ccnc2C)n1. The van der Waals surface area contributed by atoms with Crippen molar-refractivity contribution in [3.8, 4) is 0 Å². The molecular weight excluding hydrogens is 240 g/mol. The highest BCUT2D eigenvalue weighted by Crippen LogP contribution is 2.09. The molecule has 5 nitrogen and oxygen atoms in total. The Morgan fingerprint density at radius 1 is 1.42 bits per heavy atom. The number of hydrogen-bond donors (Lipinski definition) is 1. The van der Waals surface area contributed by atoms with Crippen molar-refractivity contribution in [1.29, 1.82) is 0 Å². The number of carbonyl (C=O) groups is 1. The van der Waals surface area contributed by atoms with Crippen LogP contribution in [0.3, 0.4) is 0 Å². The van der Waals surface area contributed by atoms with Gasteiger partial charge in [-0.15, -0.1) is 0 Å². The van der Waals surface area contributed by atoms with Crippen LogP contribution in [0, 0.1) is 13.8 Å². The lowest BCUT2D eigenvalue weighted by molar-refractivity contribution is -0.122. The minimum Gasteiger partial charge on any atom is -0.346 e. The van der Waals surface area contributed by atoms with Crippen LogP contribution >= 0.6 is 0 Å². The molecule has 2 heterocycles. The Hall–Kier alpha value is -2.17. The molecule has 0 spiro atoms. The molecule has 5 heteroatoms. The average molecular weight is 258 g/mol. The van der Waals surface area contributed by atoms with E-state index >= 15 is 0 Å². The van der Waals surface area contributed by atoms with Gasteiger partial charge in [0, 0.05) is 18.1 Å². The summed E-state index contributed by atoms with van der Waals surface area (Å²) >= 11 is 0. The van der Waals surface area contributed by atoms with E-state index in [2.05, 4.69) is 15.3 Å². The van der Waals surface area contributed by atoms with Crippen molar-refractivity contribution >= 4 is 5.91 Å². The van der Waals surface area contributed by atoms with Crippen LogP contribution in [0.4, 0.5) is 0 Å². The first-order valence-electron chi connectivity index (χ1n) is 6.27. The van der Waals surface area contributed by atoms with E-state index in [4.69, 9.17) is 0 Å². The maximum Gasteiger partial charge on any atom is 0.240 e. The van der Waals surface area contributed by atoms with Crippen LogP contribution in [0.1, 0.15) is 30.2 Å². The third-order valence-electron chi connectivity index (χ3n) is 2.97. The summed E-state index contributed by atoms with van der Waals surface area (Å²) in [6.45, 7) is 6.02. The number of amides is 1. The molecule has 1 N–H and O–H groups in total. The van der Waals surface area contributed by atoms with Gasteiger partial charge in [0.05, 0.1) is 11.7 Å². The summed E-state index contributed by atoms with van der Waals surface area (Å²) in [7, 11) is 0. The summed E-state index contributed by atoms with van der Waals surface area (Å²) in [4.78, 5) is 20.4. The van der Waals surface area contributed by atoms with Crippen molar-refractivity contribution in [2.45, 2.75) is 33.4 Å². The number of rotatable bonds is 4. The molecule has 0 radical (unpaired) electrons. The van der Waals surface area contributed by atoms with Gasteiger partial charge in [0.25, 0.3) is 0 Å². The van der Waals surface area contributed by atoms with E-state index < -0.39 is 0 Å². The van der Waals surface area contributed by atoms with E-state index in [0.29, 0.717) is 0 Å². The lowest BCUT2D eigenvalue weighted by Crippen LogP contribution is -2.30. The topological polar surface area (TPSA) is 59.8 Å². The molecule has 0 aliphatic heterocycles. The second kappa shape index (κ2) is 5.65. The number of aryl methyl sites for hydroxylation is 2. The lowest BCUT2D eigenvalue weighted by Gasteiger charge is -2.14. The lowest BCUT2D eigenvalue weighted by atomic mass is 10.2. The summed E-state index contributed by atoms with van der Waals surface area (Å²) in [5.41, 5.74) is 1.82. The van der Waals surface area contributed by atoms with Crippen molar-refractivity contribution in [3.05, 3.63) is 47.8 Å². The predicted octanol–water partition coefficient (Wildman–Crippen LogP) is 1.77. The summed E-state index contributed by atoms with van der Waals surface area (Å²) in [6.07, 6.45) is 3.48. The monoisotopic (exact) mass is 258 g/mol. The molecule has 0 saturated heterocycles. The Balaban J connectivity index is 1.97. The van der Waals surface area contributed by atoms with Crippen LogP contribution in [0.5, 0.6) is 0 Å². The van der Waals surface area contributed by atoms with Crippen molar-refractivity contribution in [1.82, 2.24) is 19.9 Å². The average Bonchev–Trinajstić information content (AvgIpc) is 2.75. The summed E-state index contributed by atoms with van der Waals surface area (Å²) in [6, 6.07) is 5.70. The van der Waals surface area contributed by atoms with Gasteiger partial charge >= 0.3 is 0 Å². The Labute approximate surface area is 112 Å². The van der Waals surface area contributed by atoms with E-state index in [1.165, 1.54) is 0 Å². The molecule has 0 aromatic carbocycles. The molecule has 0 unspecified atom stereocenters. The van der Waals surface area contributed by atoms with Gasteiger partial charge in [-0.2, -0.15) is 0 Å². The number of nitrogens with one attached hydrogen (secondary N) is 1. The minimum absolute atomic E-state index is 0.0445. The number of pyridine rings is 1. The van der Waals surface area contributed by atoms with Crippen molar-refractivity contribution in [2.75, 3.05) is 0 Å². The van der Waals surface area contributed by atoms with Gasteiger partial charge in [-0.25, -0.2) is 4.98 Å². The molecule has 2 aromatic heterocycles. The van der Waals surface area contributed by atoms with Gasteiger partial charge in [-0.1, -0.05) is 6.07 Å². The van der Waals surface area contributed by atoms with Crippen molar-refractivity contribution in [3.63, 3.8) is 0 Å². The first-order valence-corrected chi connectivity index (χ1v) is 6.27. The molecule has 100 valence electrons. The molecular formula is C14H18N4O. The van der Waals surface area contributed by atoms with Crippen LogP contribution < -0.4 is 5.32 Å². The number of hydrogen-bond acceptors (Lipinski definition) is 3. The molecule has 1 atom stereocenters. The van der Waals surface area contributed by atoms with Gasteiger partial charge in [0.15, 0.2) is 0 Å². The molecule has 2 aromatic rings. The molecule has 0 aliphatic carbocycles. The molecule has 2 rings (SSSR count). The van der Waals surface area contributed by atoms with Gasteiger partial charge in [0.1, 0.15) is 12.4 Å². The summed E-state index contributed by atoms with van der Waals surface area (Å²) in [5, 5.41) is 2.94. The fourth-order valence-corrected chi connectivity index (χ4v) is 1.89. The first kappa shape index (κ1) is 13.3. The second-order valence-electron chi connectivity index (χ2n) is 4.60. The van der Waals surface area contributed by atoms with E-state index in [9.17, 15) is 4.79 Å². The fraction of sp³-hybridized carbons (Fsp3) is 0.357. The highest BCUT2D eigenvalue weighted by atomic mass is 16.2. The fourth-order valence-electron chi connectivity index (χ4n) is 1.89. The van der Waals surface area contributed by atoms with Crippen LogP contribution in [0.25, 0.3) is 0 Å². The first-order chi connectivity index (χ1) is 9.06. The standard InChI is InChI=1S/C14H18N4O/c1-10-5-4-6-13(16-10)11(2)17-14(19)9-18-8-7-15-12(18)3/h4-8,11H,9H2,1-3H3,(H,17,19)/t11-/m0/s1. The van der Waals surface area contributed by atoms with E-state index in [0.717, 1.165) is 17.2 Å². The summed E-state index contributed by atoms with van der Waals surface area (Å²) in [5.74, 6) is 0.786. The van der Waals surface area contributed by atoms with Gasteiger partial charge in [-0.3, -0.25) is 9.78 Å². The maximum absolute atomic E-state index is 11.9. The zero-order valence-electron chi connectivity index (χ0n) is 11.4. The van der Waals surface area contributed by atoms with E-state index in [-0.39, 0.29) is 18.5 Å². The van der Waals surface area contributed by atoms with Crippen LogP contribution in [-0.2, 0) is 11.3 Å². The molecule has 19 heavy (non-hydrogen) atoms. The van der Waals surface area contributed by atoms with Gasteiger partial charge in [-0.05, 0) is 32.9 Å². The quantitative estimate of drug-likeness (QED) is 0.909. The van der Waals surface area contributed by atoms with E-state index in [1.807, 2.05) is 43.5 Å². The van der Waals surface area contributed by atoms with Crippen LogP contribution in [0.2, 0.25) is 0 Å². The Morgan fingerprint density at radius 3 is 2.84 bits per heavy atom. The largest absolute Gasteiger partial charge is 0.346 e. The molecule has 0 aliphatic rings. The van der Waals surface area contributed by atoms with Gasteiger partial charge < -0.3 is 9.88 Å². The molecule has 0 bridgehead atoms. The van der Waals surface area contributed by atoms with Crippen LogP contribution in [-0.4, -0.2) is 20.4 Å². The summed E-state index contributed by atoms with van der Waals surface area (Å²) < 4.78 is 1.81. The van der Waals surface area contributed by atoms with E-state index in [1.54, 1.807) is 12.4 Å². The molecule has 1 amide bonds. The molecule has 0 fully saturated rings. The second-order valence-corrected chi connectivity index (χ2v) is 4.60.